The summed E-state index contributed by atoms with van der Waals surface area (Å²) in [7, 11) is 1.64. The number of anilines is 3. The number of nitrogens with one attached hydrogen (secondary N) is 1. The average Bonchev–Trinajstić information content (AvgIpc) is 3.26. The summed E-state index contributed by atoms with van der Waals surface area (Å²) < 4.78 is 5.34. The quantitative estimate of drug-likeness (QED) is 0.297. The molecule has 1 N–H and O–H groups in total. The van der Waals surface area contributed by atoms with E-state index in [1.54, 1.807) is 33.1 Å². The topological polar surface area (TPSA) is 97.6 Å². The number of ether oxygens (including phenoxy) is 1. The van der Waals surface area contributed by atoms with Gasteiger partial charge in [0.2, 0.25) is 0 Å². The van der Waals surface area contributed by atoms with Gasteiger partial charge in [0, 0.05) is 35.3 Å². The highest BCUT2D eigenvalue weighted by Crippen LogP contribution is 2.36. The SMILES string of the molecule is COc1ccc2cc3c(nc2c1)N(c1ccc(C(=O)Nc2c(C)cc(C)cc2[N+](=O)[O-])cc1)CC3. The molecule has 1 aromatic heterocycles. The molecule has 4 aromatic rings. The van der Waals surface area contributed by atoms with Gasteiger partial charge in [0.15, 0.2) is 0 Å². The van der Waals surface area contributed by atoms with E-state index in [0.717, 1.165) is 46.7 Å². The van der Waals surface area contributed by atoms with E-state index in [-0.39, 0.29) is 11.4 Å². The second-order valence-corrected chi connectivity index (χ2v) is 8.67. The van der Waals surface area contributed by atoms with Crippen LogP contribution in [-0.2, 0) is 6.42 Å². The van der Waals surface area contributed by atoms with Crippen molar-refractivity contribution in [3.05, 3.63) is 93.0 Å². The van der Waals surface area contributed by atoms with E-state index in [2.05, 4.69) is 16.3 Å². The summed E-state index contributed by atoms with van der Waals surface area (Å²) in [5, 5.41) is 15.3. The summed E-state index contributed by atoms with van der Waals surface area (Å²) in [5.41, 5.74) is 4.89. The number of aryl methyl sites for hydroxylation is 2. The van der Waals surface area contributed by atoms with Gasteiger partial charge < -0.3 is 15.0 Å². The Bertz CT molecular complexity index is 1480. The lowest BCUT2D eigenvalue weighted by Gasteiger charge is -2.19. The van der Waals surface area contributed by atoms with Crippen LogP contribution in [0.25, 0.3) is 10.9 Å². The molecule has 0 atom stereocenters. The van der Waals surface area contributed by atoms with Crippen molar-refractivity contribution in [1.82, 2.24) is 4.98 Å². The molecular weight excluding hydrogens is 444 g/mol. The van der Waals surface area contributed by atoms with Crippen LogP contribution in [0.3, 0.4) is 0 Å². The van der Waals surface area contributed by atoms with Crippen LogP contribution < -0.4 is 15.0 Å². The van der Waals surface area contributed by atoms with E-state index >= 15 is 0 Å². The summed E-state index contributed by atoms with van der Waals surface area (Å²) in [4.78, 5) is 30.9. The molecule has 3 aromatic carbocycles. The molecule has 0 bridgehead atoms. The van der Waals surface area contributed by atoms with Crippen LogP contribution in [0.1, 0.15) is 27.0 Å². The van der Waals surface area contributed by atoms with Crippen molar-refractivity contribution >= 4 is 39.7 Å². The predicted octanol–water partition coefficient (Wildman–Crippen LogP) is 5.71. The van der Waals surface area contributed by atoms with Crippen LogP contribution in [0.5, 0.6) is 5.75 Å². The predicted molar refractivity (Wildman–Crippen MR) is 136 cm³/mol. The minimum atomic E-state index is -0.476. The number of nitrogens with zero attached hydrogens (tertiary/aromatic N) is 3. The lowest BCUT2D eigenvalue weighted by atomic mass is 10.1. The van der Waals surface area contributed by atoms with Gasteiger partial charge in [-0.3, -0.25) is 14.9 Å². The van der Waals surface area contributed by atoms with Crippen molar-refractivity contribution in [3.63, 3.8) is 0 Å². The number of fused-ring (bicyclic) bond motifs is 2. The Kier molecular flexibility index (Phi) is 5.56. The molecule has 0 spiro atoms. The Balaban J connectivity index is 1.40. The van der Waals surface area contributed by atoms with Crippen molar-refractivity contribution in [2.24, 2.45) is 0 Å². The van der Waals surface area contributed by atoms with E-state index < -0.39 is 10.8 Å². The summed E-state index contributed by atoms with van der Waals surface area (Å²) >= 11 is 0. The van der Waals surface area contributed by atoms with Gasteiger partial charge >= 0.3 is 0 Å². The summed E-state index contributed by atoms with van der Waals surface area (Å²) in [6.07, 6.45) is 0.878. The zero-order valence-corrected chi connectivity index (χ0v) is 19.7. The highest BCUT2D eigenvalue weighted by Gasteiger charge is 2.24. The number of methoxy groups -OCH3 is 1. The molecule has 0 saturated carbocycles. The summed E-state index contributed by atoms with van der Waals surface area (Å²) in [5.74, 6) is 1.26. The minimum Gasteiger partial charge on any atom is -0.497 e. The van der Waals surface area contributed by atoms with Crippen molar-refractivity contribution in [3.8, 4) is 5.75 Å². The highest BCUT2D eigenvalue weighted by molar-refractivity contribution is 6.06. The lowest BCUT2D eigenvalue weighted by molar-refractivity contribution is -0.384. The first kappa shape index (κ1) is 22.3. The molecule has 35 heavy (non-hydrogen) atoms. The average molecular weight is 469 g/mol. The molecule has 176 valence electrons. The summed E-state index contributed by atoms with van der Waals surface area (Å²) in [6, 6.07) is 18.5. The molecule has 2 heterocycles. The van der Waals surface area contributed by atoms with Gasteiger partial charge in [-0.15, -0.1) is 0 Å². The van der Waals surface area contributed by atoms with E-state index in [1.807, 2.05) is 36.4 Å². The smallest absolute Gasteiger partial charge is 0.293 e. The second kappa shape index (κ2) is 8.72. The minimum absolute atomic E-state index is 0.115. The molecule has 0 aliphatic carbocycles. The molecule has 8 nitrogen and oxygen atoms in total. The standard InChI is InChI=1S/C27H24N4O4/c1-16-12-17(2)25(24(13-16)31(33)34)29-27(32)18-4-7-21(8-5-18)30-11-10-20-14-19-6-9-22(35-3)15-23(19)28-26(20)30/h4-9,12-15H,10-11H2,1-3H3,(H,29,32). The molecule has 0 fully saturated rings. The largest absolute Gasteiger partial charge is 0.497 e. The van der Waals surface area contributed by atoms with Gasteiger partial charge in [0.1, 0.15) is 17.3 Å². The lowest BCUT2D eigenvalue weighted by Crippen LogP contribution is -2.16. The molecule has 1 amide bonds. The Hall–Kier alpha value is -4.46. The van der Waals surface area contributed by atoms with Gasteiger partial charge in [-0.25, -0.2) is 4.98 Å². The molecule has 0 saturated heterocycles. The van der Waals surface area contributed by atoms with Crippen molar-refractivity contribution < 1.29 is 14.5 Å². The molecule has 0 radical (unpaired) electrons. The van der Waals surface area contributed by atoms with Crippen LogP contribution in [-0.4, -0.2) is 29.5 Å². The number of rotatable bonds is 5. The molecule has 1 aliphatic heterocycles. The van der Waals surface area contributed by atoms with Crippen molar-refractivity contribution in [2.45, 2.75) is 20.3 Å². The van der Waals surface area contributed by atoms with Gasteiger partial charge in [0.25, 0.3) is 11.6 Å². The maximum Gasteiger partial charge on any atom is 0.293 e. The normalized spacial score (nSPS) is 12.5. The van der Waals surface area contributed by atoms with Crippen LogP contribution in [0.4, 0.5) is 22.9 Å². The Labute approximate surface area is 202 Å². The van der Waals surface area contributed by atoms with Crippen LogP contribution in [0.2, 0.25) is 0 Å². The number of carbonyl (C=O) groups is 1. The Morgan fingerprint density at radius 2 is 1.86 bits per heavy atom. The maximum absolute atomic E-state index is 12.9. The fraction of sp³-hybridized carbons (Fsp3) is 0.185. The molecule has 0 unspecified atom stereocenters. The Morgan fingerprint density at radius 3 is 2.57 bits per heavy atom. The van der Waals surface area contributed by atoms with Crippen LogP contribution >= 0.6 is 0 Å². The number of nitro groups is 1. The van der Waals surface area contributed by atoms with Gasteiger partial charge in [-0.1, -0.05) is 6.07 Å². The molecule has 1 aliphatic rings. The first-order valence-corrected chi connectivity index (χ1v) is 11.3. The third-order valence-electron chi connectivity index (χ3n) is 6.28. The first-order valence-electron chi connectivity index (χ1n) is 11.3. The van der Waals surface area contributed by atoms with E-state index in [0.29, 0.717) is 11.1 Å². The van der Waals surface area contributed by atoms with E-state index in [1.165, 1.54) is 11.6 Å². The number of benzene rings is 3. The number of hydrogen-bond acceptors (Lipinski definition) is 6. The number of nitro benzene ring substituents is 1. The van der Waals surface area contributed by atoms with Crippen LogP contribution in [0, 0.1) is 24.0 Å². The third kappa shape index (κ3) is 4.14. The second-order valence-electron chi connectivity index (χ2n) is 8.67. The maximum atomic E-state index is 12.9. The number of aromatic nitrogens is 1. The molecule has 8 heteroatoms. The van der Waals surface area contributed by atoms with E-state index in [9.17, 15) is 14.9 Å². The van der Waals surface area contributed by atoms with Crippen molar-refractivity contribution in [1.29, 1.82) is 0 Å². The van der Waals surface area contributed by atoms with Crippen LogP contribution in [0.15, 0.2) is 60.7 Å². The zero-order chi connectivity index (χ0) is 24.7. The summed E-state index contributed by atoms with van der Waals surface area (Å²) in [6.45, 7) is 4.32. The fourth-order valence-corrected chi connectivity index (χ4v) is 4.54. The third-order valence-corrected chi connectivity index (χ3v) is 6.28. The monoisotopic (exact) mass is 468 g/mol. The number of pyridine rings is 1. The molecule has 5 rings (SSSR count). The Morgan fingerprint density at radius 1 is 1.09 bits per heavy atom. The number of carbonyl (C=O) groups excluding carboxylic acids is 1. The van der Waals surface area contributed by atoms with Gasteiger partial charge in [-0.05, 0) is 79.4 Å². The number of amides is 1. The number of hydrogen-bond donors (Lipinski definition) is 1. The van der Waals surface area contributed by atoms with Crippen molar-refractivity contribution in [2.75, 3.05) is 23.9 Å². The zero-order valence-electron chi connectivity index (χ0n) is 19.7. The van der Waals surface area contributed by atoms with E-state index in [4.69, 9.17) is 9.72 Å². The van der Waals surface area contributed by atoms with Gasteiger partial charge in [-0.2, -0.15) is 0 Å². The van der Waals surface area contributed by atoms with Gasteiger partial charge in [0.05, 0.1) is 17.5 Å². The first-order chi connectivity index (χ1) is 16.8. The fourth-order valence-electron chi connectivity index (χ4n) is 4.54. The highest BCUT2D eigenvalue weighted by atomic mass is 16.6. The molecular formula is C27H24N4O4.